The molecule has 1 unspecified atom stereocenters. The zero-order valence-electron chi connectivity index (χ0n) is 62.2. The number of nitrogens with two attached hydrogens (primary N) is 4. The number of hydrogen-bond acceptors (Lipinski definition) is 13. The van der Waals surface area contributed by atoms with Crippen molar-refractivity contribution in [1.82, 2.24) is 15.0 Å². The molecule has 17 nitrogen and oxygen atoms in total. The molecular formula is C71H142N8O9S4. The number of carboxylic acids is 1. The molecule has 0 aliphatic rings. The van der Waals surface area contributed by atoms with Crippen molar-refractivity contribution in [3.63, 3.8) is 0 Å². The van der Waals surface area contributed by atoms with Crippen molar-refractivity contribution in [3.05, 3.63) is 120 Å². The number of aliphatic imine (C=N–C) groups is 1. The van der Waals surface area contributed by atoms with E-state index in [9.17, 15) is 22.2 Å². The van der Waals surface area contributed by atoms with Crippen LogP contribution in [0.5, 0.6) is 5.75 Å². The van der Waals surface area contributed by atoms with E-state index in [1.807, 2.05) is 77.7 Å². The molecule has 0 saturated heterocycles. The van der Waals surface area contributed by atoms with E-state index in [1.54, 1.807) is 52.4 Å². The van der Waals surface area contributed by atoms with Crippen molar-refractivity contribution in [2.75, 3.05) is 61.5 Å². The fourth-order valence-corrected chi connectivity index (χ4v) is 4.74. The first-order chi connectivity index (χ1) is 43.5. The fourth-order valence-electron chi connectivity index (χ4n) is 4.74. The number of carboxylic acid groups (broad SMARTS) is 1. The third-order valence-electron chi connectivity index (χ3n) is 10.7. The molecule has 0 spiro atoms. The summed E-state index contributed by atoms with van der Waals surface area (Å²) in [7, 11) is -3.23. The number of carbonyl (C=O) groups is 2. The van der Waals surface area contributed by atoms with Gasteiger partial charge < -0.3 is 53.3 Å². The van der Waals surface area contributed by atoms with Crippen LogP contribution in [0.25, 0.3) is 10.9 Å². The number of rotatable bonds is 16. The molecule has 21 heteroatoms. The molecule has 0 saturated carbocycles. The molecule has 5 rings (SSSR count). The van der Waals surface area contributed by atoms with E-state index >= 15 is 0 Å². The van der Waals surface area contributed by atoms with Gasteiger partial charge in [0.25, 0.3) is 0 Å². The number of thioether (sulfide) groups is 1. The van der Waals surface area contributed by atoms with Gasteiger partial charge in [-0.2, -0.15) is 24.4 Å². The summed E-state index contributed by atoms with van der Waals surface area (Å²) >= 11 is 5.65. The quantitative estimate of drug-likeness (QED) is 0.0249. The minimum Gasteiger partial charge on any atom is -0.508 e. The molecule has 1 amide bonds. The maximum atomic E-state index is 10.0. The number of phenolic OH excluding ortho intramolecular Hbond substituents is 1. The number of aliphatic carboxylic acids is 1. The lowest BCUT2D eigenvalue weighted by atomic mass is 10.0. The smallest absolute Gasteiger partial charge is 0.303 e. The summed E-state index contributed by atoms with van der Waals surface area (Å²) in [5, 5.41) is 34.2. The Morgan fingerprint density at radius 1 is 0.696 bits per heavy atom. The van der Waals surface area contributed by atoms with Crippen molar-refractivity contribution < 1.29 is 42.6 Å². The number of hydrogen-bond donors (Lipinski definition) is 11. The Hall–Kier alpha value is -4.90. The molecule has 544 valence electrons. The Labute approximate surface area is 577 Å². The number of fused-ring (bicyclic) bond motifs is 1. The average Bonchev–Trinajstić information content (AvgIpc) is 3.41. The van der Waals surface area contributed by atoms with Crippen LogP contribution >= 0.6 is 24.4 Å². The molecule has 14 N–H and O–H groups in total. The number of nitrogens with zero attached hydrogens (tertiary/aromatic N) is 2. The third-order valence-corrected chi connectivity index (χ3v) is 13.1. The van der Waals surface area contributed by atoms with Gasteiger partial charge in [0.05, 0.1) is 12.4 Å². The summed E-state index contributed by atoms with van der Waals surface area (Å²) in [4.78, 5) is 32.7. The Morgan fingerprint density at radius 3 is 1.28 bits per heavy atom. The van der Waals surface area contributed by atoms with Gasteiger partial charge in [0, 0.05) is 89.8 Å². The second-order valence-electron chi connectivity index (χ2n) is 18.8. The number of benzene rings is 3. The van der Waals surface area contributed by atoms with Gasteiger partial charge in [0.15, 0.2) is 5.96 Å². The number of H-pyrrole nitrogens is 2. The molecule has 92 heavy (non-hydrogen) atoms. The number of para-hydroxylation sites is 1. The number of sulfone groups is 1. The molecular weight excluding hydrogens is 1240 g/mol. The predicted octanol–water partition coefficient (Wildman–Crippen LogP) is 16.1. The molecule has 2 aromatic heterocycles. The van der Waals surface area contributed by atoms with Crippen LogP contribution in [-0.2, 0) is 55.9 Å². The summed E-state index contributed by atoms with van der Waals surface area (Å²) < 4.78 is 29.9. The molecule has 1 atom stereocenters. The largest absolute Gasteiger partial charge is 0.508 e. The first-order valence-electron chi connectivity index (χ1n) is 32.9. The van der Waals surface area contributed by atoms with Crippen molar-refractivity contribution in [2.45, 2.75) is 228 Å². The highest BCUT2D eigenvalue weighted by molar-refractivity contribution is 7.98. The highest BCUT2D eigenvalue weighted by atomic mass is 32.2. The van der Waals surface area contributed by atoms with Crippen LogP contribution in [0.15, 0.2) is 103 Å². The standard InChI is InChI=1S/C10H11N.C8H10O.C8H10.C7H16.C5H8N2.C5H12O.C4H11N3.C3H7NO.C3H8O2S.C3H6O2.C3H8OS.C3H8S.C3H8.C2H7N.C2H6O.C2H6S/c1-2-8-7-11-10-6-4-3-5-9(8)10;1-2-7-3-5-8(9)6-4-7;1-2-8-6-4-3-5-7-8;1-4-7(5-2)6-3;1-2-5-3-6-4-7-5;1-3-5(6)4-2;1-2-3-7-4(5)6;1-2-3(4)5;1-3-6(2,4)5;1-2-3(4)5;1-3-5(2)4;1-3-4-2;1-3-2;3*1-2-3/h3-7,11H,2H2,1H3;3-6,9H,2H2,1H3;3-7H,2H2,1H3;7H,4-6H2,1-3H3;3-4H,2H2,1H3,(H,6,7);5-6H,3-4H2,1-2H3;2-3H2,1H3,(H4,5,6,7);2H2,1H3,(H2,4,5);3H2,1-2H3;2H2,1H3,(H,4,5);3H2,1-2H3;3H2,1-2H3;3H2,1-2H3;2-3H2,1H3;2*3H,2H2,1H3. The number of phenols is 1. The maximum absolute atomic E-state index is 10.0. The number of guanidine groups is 1. The summed E-state index contributed by atoms with van der Waals surface area (Å²) in [6.45, 7) is 41.8. The summed E-state index contributed by atoms with van der Waals surface area (Å²) in [6.07, 6.45) is 23.6. The van der Waals surface area contributed by atoms with Crippen LogP contribution in [0.4, 0.5) is 0 Å². The average molecular weight is 1380 g/mol. The Morgan fingerprint density at radius 2 is 1.08 bits per heavy atom. The minimum absolute atomic E-state index is 0.0648. The van der Waals surface area contributed by atoms with Crippen molar-refractivity contribution >= 4 is 73.8 Å². The van der Waals surface area contributed by atoms with Gasteiger partial charge in [0.2, 0.25) is 5.91 Å². The molecule has 3 aromatic carbocycles. The number of primary amides is 1. The van der Waals surface area contributed by atoms with Crippen LogP contribution in [-0.4, -0.2) is 133 Å². The van der Waals surface area contributed by atoms with Crippen molar-refractivity contribution in [3.8, 4) is 5.75 Å². The summed E-state index contributed by atoms with van der Waals surface area (Å²) in [6, 6.07) is 26.1. The summed E-state index contributed by atoms with van der Waals surface area (Å²) in [5.41, 5.74) is 26.0. The van der Waals surface area contributed by atoms with Crippen LogP contribution in [0.1, 0.15) is 219 Å². The topological polar surface area (TPSA) is 327 Å². The Bertz CT molecular complexity index is 2230. The van der Waals surface area contributed by atoms with Gasteiger partial charge in [-0.3, -0.25) is 18.8 Å². The van der Waals surface area contributed by atoms with Gasteiger partial charge in [-0.05, 0) is 117 Å². The molecule has 0 fully saturated rings. The molecule has 5 aromatic rings. The number of aromatic hydroxyl groups is 1. The van der Waals surface area contributed by atoms with Gasteiger partial charge in [-0.25, -0.2) is 13.4 Å². The third kappa shape index (κ3) is 116. The molecule has 0 bridgehead atoms. The summed E-state index contributed by atoms with van der Waals surface area (Å²) in [5.74, 6) is 3.72. The maximum Gasteiger partial charge on any atom is 0.303 e. The van der Waals surface area contributed by atoms with Crippen LogP contribution in [0.2, 0.25) is 0 Å². The number of aryl methyl sites for hydroxylation is 4. The lowest BCUT2D eigenvalue weighted by Crippen LogP contribution is -2.22. The number of thiol groups is 1. The van der Waals surface area contributed by atoms with Gasteiger partial charge in [-0.15, -0.1) is 0 Å². The van der Waals surface area contributed by atoms with E-state index in [2.05, 4.69) is 169 Å². The highest BCUT2D eigenvalue weighted by Gasteiger charge is 1.98. The van der Waals surface area contributed by atoms with E-state index < -0.39 is 26.6 Å². The number of aromatic amines is 2. The van der Waals surface area contributed by atoms with Gasteiger partial charge in [0.1, 0.15) is 15.6 Å². The monoisotopic (exact) mass is 1380 g/mol. The lowest BCUT2D eigenvalue weighted by Gasteiger charge is -2.05. The van der Waals surface area contributed by atoms with Crippen molar-refractivity contribution in [2.24, 2.45) is 33.8 Å². The van der Waals surface area contributed by atoms with E-state index in [0.717, 1.165) is 75.5 Å². The van der Waals surface area contributed by atoms with Crippen LogP contribution < -0.4 is 22.9 Å². The predicted molar refractivity (Wildman–Crippen MR) is 415 cm³/mol. The molecule has 0 aliphatic heterocycles. The first-order valence-corrected chi connectivity index (χ1v) is 38.8. The normalized spacial score (nSPS) is 9.23. The van der Waals surface area contributed by atoms with Gasteiger partial charge >= 0.3 is 5.97 Å². The number of aromatic nitrogens is 3. The highest BCUT2D eigenvalue weighted by Crippen LogP contribution is 2.17. The molecule has 2 heterocycles. The van der Waals surface area contributed by atoms with E-state index in [-0.39, 0.29) is 36.8 Å². The molecule has 0 radical (unpaired) electrons. The number of amides is 1. The second kappa shape index (κ2) is 94.8. The van der Waals surface area contributed by atoms with E-state index in [0.29, 0.717) is 12.2 Å². The van der Waals surface area contributed by atoms with E-state index in [1.165, 1.54) is 71.0 Å². The number of nitrogens with one attached hydrogen (secondary N) is 2. The van der Waals surface area contributed by atoms with Crippen LogP contribution in [0, 0.1) is 5.92 Å². The fraction of sp³-hybridized carbons (Fsp3) is 0.634. The second-order valence-corrected chi connectivity index (χ2v) is 24.8. The van der Waals surface area contributed by atoms with Crippen LogP contribution in [0.3, 0.4) is 0 Å². The molecule has 0 aliphatic carbocycles. The number of aliphatic hydroxyl groups excluding tert-OH is 2. The minimum atomic E-state index is -2.66. The zero-order valence-corrected chi connectivity index (χ0v) is 65.6. The Balaban J connectivity index is -0.0000000858. The number of aliphatic hydroxyl groups is 2. The number of imidazole rings is 1. The van der Waals surface area contributed by atoms with Crippen molar-refractivity contribution in [1.29, 1.82) is 0 Å². The lowest BCUT2D eigenvalue weighted by molar-refractivity contribution is -0.136. The first kappa shape index (κ1) is 111. The zero-order chi connectivity index (χ0) is 74.0. The van der Waals surface area contributed by atoms with Gasteiger partial charge in [-0.1, -0.05) is 218 Å². The Kier molecular flexibility index (Phi) is 115. The van der Waals surface area contributed by atoms with E-state index in [4.69, 9.17) is 37.6 Å². The number of carbonyl (C=O) groups excluding carboxylic acids is 1. The SMILES string of the molecule is CCC.CCC(=O)O.CCC(CC)CC.CCC(N)=O.CCC(O)CC.CCCN=C(N)N.CCN.CCO.CCS.CCS(C)(=O)=O.CCS(C)=O.CCSC.CCc1c[nH]c2ccccc12.CCc1ccc(O)cc1.CCc1ccccc1.CCc1cnc[nH]1.